The summed E-state index contributed by atoms with van der Waals surface area (Å²) < 4.78 is 0. The number of rotatable bonds is 3. The molecule has 0 aliphatic heterocycles. The van der Waals surface area contributed by atoms with Gasteiger partial charge in [0.1, 0.15) is 0 Å². The van der Waals surface area contributed by atoms with Crippen LogP contribution in [0.4, 0.5) is 0 Å². The van der Waals surface area contributed by atoms with Crippen molar-refractivity contribution in [2.24, 2.45) is 0 Å². The van der Waals surface area contributed by atoms with E-state index in [4.69, 9.17) is 4.98 Å². The van der Waals surface area contributed by atoms with Crippen LogP contribution >= 0.6 is 11.8 Å². The average Bonchev–Trinajstić information content (AvgIpc) is 2.64. The van der Waals surface area contributed by atoms with Gasteiger partial charge in [0.25, 0.3) is 0 Å². The summed E-state index contributed by atoms with van der Waals surface area (Å²) in [7, 11) is 0. The Labute approximate surface area is 140 Å². The van der Waals surface area contributed by atoms with Gasteiger partial charge < -0.3 is 0 Å². The first-order valence-electron chi connectivity index (χ1n) is 7.58. The molecule has 110 valence electrons. The second kappa shape index (κ2) is 6.27. The van der Waals surface area contributed by atoms with Gasteiger partial charge >= 0.3 is 0 Å². The van der Waals surface area contributed by atoms with E-state index in [9.17, 15) is 0 Å². The zero-order valence-corrected chi connectivity index (χ0v) is 13.3. The molecule has 23 heavy (non-hydrogen) atoms. The average molecular weight is 313 g/mol. The molecule has 4 aromatic rings. The van der Waals surface area contributed by atoms with Crippen LogP contribution in [0.25, 0.3) is 22.0 Å². The number of nitrogens with zero attached hydrogens (tertiary/aromatic N) is 1. The van der Waals surface area contributed by atoms with Crippen LogP contribution in [0.2, 0.25) is 0 Å². The molecule has 0 N–H and O–H groups in total. The lowest BCUT2D eigenvalue weighted by Gasteiger charge is -2.12. The minimum atomic E-state index is 1.04. The van der Waals surface area contributed by atoms with E-state index in [1.807, 2.05) is 18.3 Å². The molecule has 2 heteroatoms. The van der Waals surface area contributed by atoms with Crippen LogP contribution in [0.15, 0.2) is 101 Å². The summed E-state index contributed by atoms with van der Waals surface area (Å²) >= 11 is 1.78. The molecule has 0 saturated heterocycles. The normalized spacial score (nSPS) is 10.8. The summed E-state index contributed by atoms with van der Waals surface area (Å²) in [5.74, 6) is 0. The van der Waals surface area contributed by atoms with Gasteiger partial charge in [-0.25, -0.2) is 0 Å². The Bertz CT molecular complexity index is 933. The summed E-state index contributed by atoms with van der Waals surface area (Å²) in [6.45, 7) is 0. The third kappa shape index (κ3) is 2.86. The van der Waals surface area contributed by atoms with E-state index in [0.717, 1.165) is 11.3 Å². The minimum absolute atomic E-state index is 1.04. The Morgan fingerprint density at radius 2 is 1.30 bits per heavy atom. The van der Waals surface area contributed by atoms with E-state index < -0.39 is 0 Å². The molecule has 0 amide bonds. The Morgan fingerprint density at radius 1 is 0.652 bits per heavy atom. The van der Waals surface area contributed by atoms with Gasteiger partial charge in [-0.3, -0.25) is 4.98 Å². The molecular weight excluding hydrogens is 298 g/mol. The zero-order valence-electron chi connectivity index (χ0n) is 12.5. The van der Waals surface area contributed by atoms with E-state index >= 15 is 0 Å². The molecular formula is C21H15NS. The van der Waals surface area contributed by atoms with Gasteiger partial charge in [-0.1, -0.05) is 84.6 Å². The van der Waals surface area contributed by atoms with Gasteiger partial charge in [-0.05, 0) is 17.5 Å². The van der Waals surface area contributed by atoms with Crippen LogP contribution in [-0.2, 0) is 0 Å². The second-order valence-electron chi connectivity index (χ2n) is 5.30. The van der Waals surface area contributed by atoms with Crippen molar-refractivity contribution in [3.63, 3.8) is 0 Å². The van der Waals surface area contributed by atoms with Gasteiger partial charge in [-0.2, -0.15) is 0 Å². The minimum Gasteiger partial charge on any atom is -0.254 e. The third-order valence-electron chi connectivity index (χ3n) is 3.76. The number of aromatic nitrogens is 1. The zero-order chi connectivity index (χ0) is 15.5. The van der Waals surface area contributed by atoms with Crippen molar-refractivity contribution < 1.29 is 0 Å². The van der Waals surface area contributed by atoms with Gasteiger partial charge in [0.15, 0.2) is 0 Å². The molecule has 0 unspecified atom stereocenters. The van der Waals surface area contributed by atoms with Crippen molar-refractivity contribution in [1.29, 1.82) is 0 Å². The number of hydrogen-bond donors (Lipinski definition) is 0. The largest absolute Gasteiger partial charge is 0.254 e. The van der Waals surface area contributed by atoms with Crippen molar-refractivity contribution in [3.8, 4) is 11.3 Å². The molecule has 0 aliphatic carbocycles. The fourth-order valence-corrected chi connectivity index (χ4v) is 3.74. The lowest BCUT2D eigenvalue weighted by atomic mass is 10.1. The summed E-state index contributed by atoms with van der Waals surface area (Å²) in [6.07, 6.45) is 1.96. The highest BCUT2D eigenvalue weighted by Crippen LogP contribution is 2.39. The highest BCUT2D eigenvalue weighted by Gasteiger charge is 2.12. The molecule has 4 rings (SSSR count). The Kier molecular flexibility index (Phi) is 3.83. The quantitative estimate of drug-likeness (QED) is 0.456. The van der Waals surface area contributed by atoms with E-state index in [1.165, 1.54) is 20.6 Å². The molecule has 0 radical (unpaired) electrons. The van der Waals surface area contributed by atoms with Crippen LogP contribution in [0, 0.1) is 0 Å². The first-order chi connectivity index (χ1) is 11.4. The molecule has 1 aromatic heterocycles. The standard InChI is InChI=1S/C21H15NS/c1-3-9-16(10-4-1)20-21(23-18-12-5-2-6-13-18)19-14-8-7-11-17(19)15-22-20/h1-15H. The SMILES string of the molecule is c1ccc(Sc2c(-c3ccccc3)ncc3ccccc23)cc1. The molecule has 3 aromatic carbocycles. The van der Waals surface area contributed by atoms with Crippen LogP contribution in [0.5, 0.6) is 0 Å². The first kappa shape index (κ1) is 14.0. The fourth-order valence-electron chi connectivity index (χ4n) is 2.65. The molecule has 0 bridgehead atoms. The highest BCUT2D eigenvalue weighted by atomic mass is 32.2. The summed E-state index contributed by atoms with van der Waals surface area (Å²) in [5, 5.41) is 2.42. The number of fused-ring (bicyclic) bond motifs is 1. The summed E-state index contributed by atoms with van der Waals surface area (Å²) in [4.78, 5) is 7.19. The predicted octanol–water partition coefficient (Wildman–Crippen LogP) is 6.05. The summed E-state index contributed by atoms with van der Waals surface area (Å²) in [6, 6.07) is 29.3. The van der Waals surface area contributed by atoms with Gasteiger partial charge in [-0.15, -0.1) is 0 Å². The highest BCUT2D eigenvalue weighted by molar-refractivity contribution is 7.99. The van der Waals surface area contributed by atoms with Crippen molar-refractivity contribution in [2.45, 2.75) is 9.79 Å². The Morgan fingerprint density at radius 3 is 2.09 bits per heavy atom. The predicted molar refractivity (Wildman–Crippen MR) is 97.7 cm³/mol. The maximum Gasteiger partial charge on any atom is 0.0847 e. The molecule has 0 spiro atoms. The van der Waals surface area contributed by atoms with Gasteiger partial charge in [0.2, 0.25) is 0 Å². The monoisotopic (exact) mass is 313 g/mol. The van der Waals surface area contributed by atoms with E-state index in [2.05, 4.69) is 72.8 Å². The fraction of sp³-hybridized carbons (Fsp3) is 0. The van der Waals surface area contributed by atoms with Crippen LogP contribution < -0.4 is 0 Å². The first-order valence-corrected chi connectivity index (χ1v) is 8.39. The number of hydrogen-bond acceptors (Lipinski definition) is 2. The van der Waals surface area contributed by atoms with E-state index in [0.29, 0.717) is 0 Å². The smallest absolute Gasteiger partial charge is 0.0847 e. The van der Waals surface area contributed by atoms with Crippen molar-refractivity contribution in [2.75, 3.05) is 0 Å². The maximum absolute atomic E-state index is 4.75. The summed E-state index contributed by atoms with van der Waals surface area (Å²) in [5.41, 5.74) is 2.19. The second-order valence-corrected chi connectivity index (χ2v) is 6.39. The van der Waals surface area contributed by atoms with Crippen LogP contribution in [0.3, 0.4) is 0 Å². The topological polar surface area (TPSA) is 12.9 Å². The lowest BCUT2D eigenvalue weighted by Crippen LogP contribution is -1.89. The molecule has 1 nitrogen and oxygen atoms in total. The Hall–Kier alpha value is -2.58. The van der Waals surface area contributed by atoms with Gasteiger partial charge in [0.05, 0.1) is 5.69 Å². The third-order valence-corrected chi connectivity index (χ3v) is 4.89. The molecule has 1 heterocycles. The van der Waals surface area contributed by atoms with Crippen molar-refractivity contribution in [3.05, 3.63) is 91.1 Å². The van der Waals surface area contributed by atoms with Crippen molar-refractivity contribution >= 4 is 22.5 Å². The van der Waals surface area contributed by atoms with Crippen molar-refractivity contribution in [1.82, 2.24) is 4.98 Å². The Balaban J connectivity index is 1.94. The molecule has 0 atom stereocenters. The molecule has 0 fully saturated rings. The maximum atomic E-state index is 4.75. The van der Waals surface area contributed by atoms with Gasteiger partial charge in [0, 0.05) is 26.9 Å². The van der Waals surface area contributed by atoms with Crippen LogP contribution in [-0.4, -0.2) is 4.98 Å². The molecule has 0 aliphatic rings. The van der Waals surface area contributed by atoms with E-state index in [-0.39, 0.29) is 0 Å². The number of benzene rings is 3. The lowest BCUT2D eigenvalue weighted by molar-refractivity contribution is 1.28. The van der Waals surface area contributed by atoms with E-state index in [1.54, 1.807) is 11.8 Å². The number of pyridine rings is 1. The van der Waals surface area contributed by atoms with Crippen LogP contribution in [0.1, 0.15) is 0 Å². The molecule has 0 saturated carbocycles.